The predicted octanol–water partition coefficient (Wildman–Crippen LogP) is 1.61. The molecule has 0 saturated carbocycles. The molecule has 1 unspecified atom stereocenters. The number of hydrogen-bond donors (Lipinski definition) is 1. The molecule has 1 atom stereocenters. The average molecular weight is 221 g/mol. The van der Waals surface area contributed by atoms with Crippen molar-refractivity contribution in [2.75, 3.05) is 13.1 Å². The van der Waals surface area contributed by atoms with E-state index in [1.165, 1.54) is 0 Å². The lowest BCUT2D eigenvalue weighted by Gasteiger charge is -2.15. The van der Waals surface area contributed by atoms with Gasteiger partial charge in [0.25, 0.3) is 0 Å². The summed E-state index contributed by atoms with van der Waals surface area (Å²) in [6.45, 7) is 6.05. The Morgan fingerprint density at radius 1 is 1.19 bits per heavy atom. The number of rotatable bonds is 2. The molecule has 0 radical (unpaired) electrons. The monoisotopic (exact) mass is 221 g/mol. The van der Waals surface area contributed by atoms with E-state index < -0.39 is 0 Å². The highest BCUT2D eigenvalue weighted by Gasteiger charge is 2.14. The Balaban J connectivity index is 2.01. The summed E-state index contributed by atoms with van der Waals surface area (Å²) in [7, 11) is 0. The summed E-state index contributed by atoms with van der Waals surface area (Å²) in [5.74, 6) is 0. The van der Waals surface area contributed by atoms with Crippen LogP contribution in [0.2, 0.25) is 0 Å². The Hall–Kier alpha value is -1.16. The van der Waals surface area contributed by atoms with Gasteiger partial charge in [-0.25, -0.2) is 9.97 Å². The van der Waals surface area contributed by atoms with Crippen molar-refractivity contribution in [3.05, 3.63) is 17.5 Å². The summed E-state index contributed by atoms with van der Waals surface area (Å²) in [4.78, 5) is 8.61. The van der Waals surface area contributed by atoms with E-state index in [1.54, 1.807) is 0 Å². The van der Waals surface area contributed by atoms with Crippen LogP contribution in [-0.4, -0.2) is 29.2 Å². The Bertz CT molecular complexity index is 326. The molecule has 1 aromatic rings. The third-order valence-corrected chi connectivity index (χ3v) is 2.76. The van der Waals surface area contributed by atoms with Crippen LogP contribution in [0.3, 0.4) is 0 Å². The zero-order valence-electron chi connectivity index (χ0n) is 9.99. The number of aromatic nitrogens is 2. The van der Waals surface area contributed by atoms with Gasteiger partial charge in [-0.15, -0.1) is 0 Å². The largest absolute Gasteiger partial charge is 0.460 e. The van der Waals surface area contributed by atoms with Gasteiger partial charge in [0, 0.05) is 11.4 Å². The van der Waals surface area contributed by atoms with Crippen molar-refractivity contribution >= 4 is 0 Å². The molecule has 4 nitrogen and oxygen atoms in total. The molecule has 2 rings (SSSR count). The van der Waals surface area contributed by atoms with Gasteiger partial charge in [-0.1, -0.05) is 0 Å². The second-order valence-electron chi connectivity index (χ2n) is 4.35. The van der Waals surface area contributed by atoms with E-state index in [4.69, 9.17) is 4.74 Å². The Labute approximate surface area is 96.4 Å². The van der Waals surface area contributed by atoms with Gasteiger partial charge in [-0.3, -0.25) is 0 Å². The van der Waals surface area contributed by atoms with Gasteiger partial charge in [0.15, 0.2) is 0 Å². The minimum absolute atomic E-state index is 0.260. The van der Waals surface area contributed by atoms with Crippen LogP contribution in [0.5, 0.6) is 6.01 Å². The number of aryl methyl sites for hydroxylation is 2. The maximum atomic E-state index is 5.83. The third-order valence-electron chi connectivity index (χ3n) is 2.76. The Morgan fingerprint density at radius 2 is 1.94 bits per heavy atom. The molecule has 0 spiro atoms. The van der Waals surface area contributed by atoms with E-state index in [0.717, 1.165) is 43.7 Å². The van der Waals surface area contributed by atoms with Gasteiger partial charge in [-0.05, 0) is 52.3 Å². The van der Waals surface area contributed by atoms with Crippen molar-refractivity contribution in [3.8, 4) is 6.01 Å². The van der Waals surface area contributed by atoms with Gasteiger partial charge in [0.05, 0.1) is 0 Å². The highest BCUT2D eigenvalue weighted by molar-refractivity contribution is 5.11. The molecule has 2 heterocycles. The molecule has 4 heteroatoms. The molecule has 88 valence electrons. The van der Waals surface area contributed by atoms with Crippen molar-refractivity contribution in [2.45, 2.75) is 39.2 Å². The molecule has 1 saturated heterocycles. The number of hydrogen-bond acceptors (Lipinski definition) is 4. The highest BCUT2D eigenvalue weighted by atomic mass is 16.5. The van der Waals surface area contributed by atoms with Crippen molar-refractivity contribution in [1.82, 2.24) is 15.3 Å². The number of nitrogens with zero attached hydrogens (tertiary/aromatic N) is 2. The molecular formula is C12H19N3O. The van der Waals surface area contributed by atoms with Crippen LogP contribution in [0.15, 0.2) is 6.07 Å². The Kier molecular flexibility index (Phi) is 3.72. The van der Waals surface area contributed by atoms with Crippen molar-refractivity contribution in [3.63, 3.8) is 0 Å². The molecule has 16 heavy (non-hydrogen) atoms. The normalized spacial score (nSPS) is 21.5. The van der Waals surface area contributed by atoms with E-state index in [9.17, 15) is 0 Å². The maximum absolute atomic E-state index is 5.83. The van der Waals surface area contributed by atoms with E-state index in [2.05, 4.69) is 15.3 Å². The SMILES string of the molecule is Cc1cc(C)nc(OC2CCCNCC2)n1. The minimum Gasteiger partial charge on any atom is -0.460 e. The first kappa shape index (κ1) is 11.3. The van der Waals surface area contributed by atoms with E-state index in [1.807, 2.05) is 19.9 Å². The highest BCUT2D eigenvalue weighted by Crippen LogP contribution is 2.14. The first-order valence-electron chi connectivity index (χ1n) is 5.94. The molecule has 0 aliphatic carbocycles. The van der Waals surface area contributed by atoms with Gasteiger partial charge in [-0.2, -0.15) is 0 Å². The second-order valence-corrected chi connectivity index (χ2v) is 4.35. The van der Waals surface area contributed by atoms with Crippen LogP contribution >= 0.6 is 0 Å². The smallest absolute Gasteiger partial charge is 0.317 e. The lowest BCUT2D eigenvalue weighted by molar-refractivity contribution is 0.171. The molecule has 0 amide bonds. The van der Waals surface area contributed by atoms with Crippen molar-refractivity contribution < 1.29 is 4.74 Å². The molecule has 1 aliphatic heterocycles. The standard InChI is InChI=1S/C12H19N3O/c1-9-8-10(2)15-12(14-9)16-11-4-3-6-13-7-5-11/h8,11,13H,3-7H2,1-2H3. The van der Waals surface area contributed by atoms with Crippen LogP contribution in [0.4, 0.5) is 0 Å². The van der Waals surface area contributed by atoms with Gasteiger partial charge < -0.3 is 10.1 Å². The first-order chi connectivity index (χ1) is 7.74. The average Bonchev–Trinajstić information content (AvgIpc) is 2.44. The maximum Gasteiger partial charge on any atom is 0.317 e. The number of nitrogens with one attached hydrogen (secondary N) is 1. The van der Waals surface area contributed by atoms with Crippen LogP contribution in [0.25, 0.3) is 0 Å². The van der Waals surface area contributed by atoms with Gasteiger partial charge in [0.1, 0.15) is 6.10 Å². The van der Waals surface area contributed by atoms with E-state index in [-0.39, 0.29) is 6.10 Å². The topological polar surface area (TPSA) is 47.0 Å². The fourth-order valence-electron chi connectivity index (χ4n) is 2.00. The predicted molar refractivity (Wildman–Crippen MR) is 62.6 cm³/mol. The molecular weight excluding hydrogens is 202 g/mol. The van der Waals surface area contributed by atoms with Crippen LogP contribution in [0, 0.1) is 13.8 Å². The Morgan fingerprint density at radius 3 is 2.69 bits per heavy atom. The summed E-state index contributed by atoms with van der Waals surface area (Å²) < 4.78 is 5.83. The molecule has 1 fully saturated rings. The summed E-state index contributed by atoms with van der Waals surface area (Å²) in [5, 5.41) is 3.36. The first-order valence-corrected chi connectivity index (χ1v) is 5.94. The van der Waals surface area contributed by atoms with E-state index >= 15 is 0 Å². The zero-order valence-corrected chi connectivity index (χ0v) is 9.99. The second kappa shape index (κ2) is 5.25. The van der Waals surface area contributed by atoms with E-state index in [0.29, 0.717) is 6.01 Å². The summed E-state index contributed by atoms with van der Waals surface area (Å²) in [6, 6.07) is 2.49. The van der Waals surface area contributed by atoms with Crippen LogP contribution in [0.1, 0.15) is 30.7 Å². The van der Waals surface area contributed by atoms with Crippen molar-refractivity contribution in [2.24, 2.45) is 0 Å². The molecule has 1 aliphatic rings. The zero-order chi connectivity index (χ0) is 11.4. The summed E-state index contributed by atoms with van der Waals surface area (Å²) in [6.07, 6.45) is 3.55. The fourth-order valence-corrected chi connectivity index (χ4v) is 2.00. The fraction of sp³-hybridized carbons (Fsp3) is 0.667. The molecule has 0 aromatic carbocycles. The minimum atomic E-state index is 0.260. The summed E-state index contributed by atoms with van der Waals surface area (Å²) in [5.41, 5.74) is 1.93. The van der Waals surface area contributed by atoms with Crippen LogP contribution in [-0.2, 0) is 0 Å². The van der Waals surface area contributed by atoms with Gasteiger partial charge in [0.2, 0.25) is 0 Å². The molecule has 1 aromatic heterocycles. The van der Waals surface area contributed by atoms with Gasteiger partial charge >= 0.3 is 6.01 Å². The quantitative estimate of drug-likeness (QED) is 0.824. The lowest BCUT2D eigenvalue weighted by atomic mass is 10.2. The van der Waals surface area contributed by atoms with Crippen LogP contribution < -0.4 is 10.1 Å². The summed E-state index contributed by atoms with van der Waals surface area (Å²) >= 11 is 0. The molecule has 1 N–H and O–H groups in total. The number of ether oxygens (including phenoxy) is 1. The third kappa shape index (κ3) is 3.17. The lowest BCUT2D eigenvalue weighted by Crippen LogP contribution is -2.20. The van der Waals surface area contributed by atoms with Crippen molar-refractivity contribution in [1.29, 1.82) is 0 Å². The molecule has 0 bridgehead atoms.